The van der Waals surface area contributed by atoms with Crippen LogP contribution in [0.2, 0.25) is 0 Å². The standard InChI is InChI=1S/C2H4N6/c1-8-2(4-3)5-6-7-8/h3H,1H3. The molecule has 0 radical (unpaired) electrons. The molecular formula is C2H4N6. The maximum atomic E-state index is 6.46. The first kappa shape index (κ1) is 4.82. The molecule has 0 saturated heterocycles. The van der Waals surface area contributed by atoms with Gasteiger partial charge in [-0.05, 0) is 10.4 Å². The molecule has 1 aromatic heterocycles. The second-order valence-corrected chi connectivity index (χ2v) is 1.21. The van der Waals surface area contributed by atoms with Crippen LogP contribution < -0.4 is 0 Å². The Labute approximate surface area is 45.0 Å². The van der Waals surface area contributed by atoms with Crippen molar-refractivity contribution in [2.75, 3.05) is 0 Å². The van der Waals surface area contributed by atoms with Crippen LogP contribution in [0.5, 0.6) is 0 Å². The minimum atomic E-state index is 0.213. The van der Waals surface area contributed by atoms with Crippen molar-refractivity contribution < 1.29 is 0 Å². The summed E-state index contributed by atoms with van der Waals surface area (Å²) in [7, 11) is 1.62. The maximum absolute atomic E-state index is 6.46. The van der Waals surface area contributed by atoms with Gasteiger partial charge in [-0.2, -0.15) is 0 Å². The van der Waals surface area contributed by atoms with Crippen LogP contribution in [0.25, 0.3) is 0 Å². The molecule has 0 saturated carbocycles. The Hall–Kier alpha value is -1.33. The predicted molar refractivity (Wildman–Crippen MR) is 23.6 cm³/mol. The average Bonchev–Trinajstić information content (AvgIpc) is 2.14. The van der Waals surface area contributed by atoms with Gasteiger partial charge in [-0.15, -0.1) is 5.11 Å². The van der Waals surface area contributed by atoms with Gasteiger partial charge in [0.05, 0.1) is 0 Å². The van der Waals surface area contributed by atoms with E-state index in [1.165, 1.54) is 4.68 Å². The fourth-order valence-corrected chi connectivity index (χ4v) is 0.319. The molecular weight excluding hydrogens is 108 g/mol. The van der Waals surface area contributed by atoms with Crippen LogP contribution >= 0.6 is 0 Å². The van der Waals surface area contributed by atoms with E-state index < -0.39 is 0 Å². The van der Waals surface area contributed by atoms with Crippen LogP contribution in [0.1, 0.15) is 0 Å². The van der Waals surface area contributed by atoms with Crippen LogP contribution in [-0.2, 0) is 7.05 Å². The number of tetrazole rings is 1. The first-order chi connectivity index (χ1) is 3.84. The number of nitrogens with zero attached hydrogens (tertiary/aromatic N) is 5. The molecule has 6 heteroatoms. The van der Waals surface area contributed by atoms with E-state index in [1.807, 2.05) is 0 Å². The van der Waals surface area contributed by atoms with Crippen molar-refractivity contribution in [3.05, 3.63) is 0 Å². The normalized spacial score (nSPS) is 9.12. The van der Waals surface area contributed by atoms with Gasteiger partial charge in [-0.25, -0.2) is 10.2 Å². The van der Waals surface area contributed by atoms with E-state index >= 15 is 0 Å². The molecule has 0 fully saturated rings. The second-order valence-electron chi connectivity index (χ2n) is 1.21. The topological polar surface area (TPSA) is 79.8 Å². The zero-order valence-corrected chi connectivity index (χ0v) is 4.24. The first-order valence-electron chi connectivity index (χ1n) is 1.94. The highest BCUT2D eigenvalue weighted by atomic mass is 15.6. The Morgan fingerprint density at radius 3 is 2.75 bits per heavy atom. The Bertz CT molecular complexity index is 188. The first-order valence-corrected chi connectivity index (χ1v) is 1.94. The molecule has 42 valence electrons. The molecule has 1 rings (SSSR count). The molecule has 0 unspecified atom stereocenters. The fourth-order valence-electron chi connectivity index (χ4n) is 0.319. The minimum Gasteiger partial charge on any atom is -0.212 e. The van der Waals surface area contributed by atoms with E-state index in [2.05, 4.69) is 20.6 Å². The summed E-state index contributed by atoms with van der Waals surface area (Å²) < 4.78 is 1.31. The third-order valence-electron chi connectivity index (χ3n) is 0.698. The third kappa shape index (κ3) is 0.552. The quantitative estimate of drug-likeness (QED) is 0.514. The number of aromatic nitrogens is 4. The number of nitrogens with one attached hydrogen (secondary N) is 1. The zero-order valence-electron chi connectivity index (χ0n) is 4.24. The van der Waals surface area contributed by atoms with Crippen molar-refractivity contribution in [3.63, 3.8) is 0 Å². The Morgan fingerprint density at radius 1 is 1.75 bits per heavy atom. The highest BCUT2D eigenvalue weighted by Crippen LogP contribution is 1.97. The highest BCUT2D eigenvalue weighted by Gasteiger charge is 1.94. The number of hydrogen-bond donors (Lipinski definition) is 1. The smallest absolute Gasteiger partial charge is 0.212 e. The van der Waals surface area contributed by atoms with Gasteiger partial charge in [0.2, 0.25) is 0 Å². The molecule has 0 aliphatic carbocycles. The van der Waals surface area contributed by atoms with Gasteiger partial charge < -0.3 is 0 Å². The van der Waals surface area contributed by atoms with Gasteiger partial charge in [0.15, 0.2) is 0 Å². The van der Waals surface area contributed by atoms with Crippen molar-refractivity contribution in [2.45, 2.75) is 0 Å². The zero-order chi connectivity index (χ0) is 5.98. The van der Waals surface area contributed by atoms with Gasteiger partial charge in [-0.1, -0.05) is 5.10 Å². The van der Waals surface area contributed by atoms with Gasteiger partial charge in [-0.3, -0.25) is 0 Å². The summed E-state index contributed by atoms with van der Waals surface area (Å²) in [6.07, 6.45) is 0. The Kier molecular flexibility index (Phi) is 0.991. The lowest BCUT2D eigenvalue weighted by atomic mass is 11.0. The SMILES string of the molecule is Cn1nnnc1N=N. The lowest BCUT2D eigenvalue weighted by Crippen LogP contribution is -1.87. The maximum Gasteiger partial charge on any atom is 0.287 e. The number of hydrogen-bond acceptors (Lipinski definition) is 5. The van der Waals surface area contributed by atoms with Gasteiger partial charge in [0.25, 0.3) is 5.95 Å². The molecule has 0 amide bonds. The van der Waals surface area contributed by atoms with E-state index in [-0.39, 0.29) is 5.95 Å². The van der Waals surface area contributed by atoms with Crippen molar-refractivity contribution >= 4 is 5.95 Å². The number of rotatable bonds is 1. The van der Waals surface area contributed by atoms with Crippen molar-refractivity contribution in [2.24, 2.45) is 12.2 Å². The van der Waals surface area contributed by atoms with Crippen LogP contribution in [0, 0.1) is 5.53 Å². The van der Waals surface area contributed by atoms with Crippen molar-refractivity contribution in [3.8, 4) is 0 Å². The molecule has 0 bridgehead atoms. The number of aryl methyl sites for hydroxylation is 1. The Balaban J connectivity index is 3.09. The van der Waals surface area contributed by atoms with E-state index in [0.717, 1.165) is 0 Å². The highest BCUT2D eigenvalue weighted by molar-refractivity contribution is 5.05. The largest absolute Gasteiger partial charge is 0.287 e. The summed E-state index contributed by atoms with van der Waals surface area (Å²) in [5.41, 5.74) is 6.46. The monoisotopic (exact) mass is 112 g/mol. The summed E-state index contributed by atoms with van der Waals surface area (Å²) in [4.78, 5) is 0. The third-order valence-corrected chi connectivity index (χ3v) is 0.698. The van der Waals surface area contributed by atoms with E-state index in [0.29, 0.717) is 0 Å². The fraction of sp³-hybridized carbons (Fsp3) is 0.500. The molecule has 0 aliphatic heterocycles. The summed E-state index contributed by atoms with van der Waals surface area (Å²) in [6, 6.07) is 0. The summed E-state index contributed by atoms with van der Waals surface area (Å²) in [5, 5.41) is 13.1. The molecule has 0 atom stereocenters. The van der Waals surface area contributed by atoms with Crippen molar-refractivity contribution in [1.29, 1.82) is 5.53 Å². The Morgan fingerprint density at radius 2 is 2.50 bits per heavy atom. The average molecular weight is 112 g/mol. The van der Waals surface area contributed by atoms with Gasteiger partial charge in [0.1, 0.15) is 0 Å². The van der Waals surface area contributed by atoms with Crippen molar-refractivity contribution in [1.82, 2.24) is 20.2 Å². The van der Waals surface area contributed by atoms with E-state index in [9.17, 15) is 0 Å². The second kappa shape index (κ2) is 1.65. The molecule has 1 N–H and O–H groups in total. The summed E-state index contributed by atoms with van der Waals surface area (Å²) in [6.45, 7) is 0. The molecule has 6 nitrogen and oxygen atoms in total. The van der Waals surface area contributed by atoms with E-state index in [1.54, 1.807) is 7.05 Å². The van der Waals surface area contributed by atoms with E-state index in [4.69, 9.17) is 5.53 Å². The molecule has 1 heterocycles. The molecule has 0 spiro atoms. The van der Waals surface area contributed by atoms with Crippen LogP contribution in [0.3, 0.4) is 0 Å². The van der Waals surface area contributed by atoms with Crippen LogP contribution in [0.15, 0.2) is 5.11 Å². The van der Waals surface area contributed by atoms with Crippen LogP contribution in [-0.4, -0.2) is 20.2 Å². The summed E-state index contributed by atoms with van der Waals surface area (Å²) in [5.74, 6) is 0.213. The lowest BCUT2D eigenvalue weighted by molar-refractivity contribution is 0.708. The molecule has 1 aromatic rings. The minimum absolute atomic E-state index is 0.213. The van der Waals surface area contributed by atoms with Gasteiger partial charge >= 0.3 is 0 Å². The predicted octanol–water partition coefficient (Wildman–Crippen LogP) is -0.127. The van der Waals surface area contributed by atoms with Crippen LogP contribution in [0.4, 0.5) is 5.95 Å². The molecule has 8 heavy (non-hydrogen) atoms. The van der Waals surface area contributed by atoms with Gasteiger partial charge in [0, 0.05) is 7.05 Å². The lowest BCUT2D eigenvalue weighted by Gasteiger charge is -1.81. The molecule has 0 aromatic carbocycles. The molecule has 0 aliphatic rings. The summed E-state index contributed by atoms with van der Waals surface area (Å²) >= 11 is 0.